The fourth-order valence-corrected chi connectivity index (χ4v) is 3.77. The molecule has 1 fully saturated rings. The molecule has 3 aromatic rings. The molecule has 0 bridgehead atoms. The van der Waals surface area contributed by atoms with Gasteiger partial charge in [0.2, 0.25) is 5.91 Å². The van der Waals surface area contributed by atoms with Crippen LogP contribution in [0.1, 0.15) is 18.4 Å². The zero-order valence-corrected chi connectivity index (χ0v) is 15.4. The number of nitrogens with one attached hydrogen (secondary N) is 1. The second-order valence-electron chi connectivity index (χ2n) is 7.20. The van der Waals surface area contributed by atoms with Crippen LogP contribution >= 0.6 is 0 Å². The van der Waals surface area contributed by atoms with E-state index < -0.39 is 5.63 Å². The molecule has 144 valence electrons. The third-order valence-corrected chi connectivity index (χ3v) is 5.13. The van der Waals surface area contributed by atoms with Crippen molar-refractivity contribution >= 4 is 22.6 Å². The van der Waals surface area contributed by atoms with Crippen molar-refractivity contribution < 1.29 is 14.3 Å². The molecule has 0 aliphatic carbocycles. The van der Waals surface area contributed by atoms with Crippen LogP contribution in [0.5, 0.6) is 5.75 Å². The molecule has 6 heteroatoms. The summed E-state index contributed by atoms with van der Waals surface area (Å²) in [6, 6.07) is 15.7. The summed E-state index contributed by atoms with van der Waals surface area (Å²) in [5.41, 5.74) is 1.58. The Kier molecular flexibility index (Phi) is 5.12. The Balaban J connectivity index is 1.49. The second kappa shape index (κ2) is 7.86. The van der Waals surface area contributed by atoms with Crippen molar-refractivity contribution in [1.82, 2.24) is 4.90 Å². The number of fused-ring (bicyclic) bond motifs is 1. The molecule has 1 aliphatic rings. The lowest BCUT2D eigenvalue weighted by Gasteiger charge is -2.32. The summed E-state index contributed by atoms with van der Waals surface area (Å²) in [4.78, 5) is 26.7. The van der Waals surface area contributed by atoms with Gasteiger partial charge in [-0.05, 0) is 49.2 Å². The number of nitrogens with zero attached hydrogens (tertiary/aromatic N) is 1. The standard InChI is InChI=1S/C22H22N2O4/c25-18-8-9-19-16(11-21(26)28-20(19)12-18)14-24-10-4-5-15(13-24)22(27)23-17-6-2-1-3-7-17/h1-3,6-9,11-12,15,25H,4-5,10,13-14H2,(H,23,27)/t15-/m1/s1. The van der Waals surface area contributed by atoms with Crippen LogP contribution in [0.2, 0.25) is 0 Å². The van der Waals surface area contributed by atoms with E-state index in [4.69, 9.17) is 4.42 Å². The first-order valence-electron chi connectivity index (χ1n) is 9.42. The van der Waals surface area contributed by atoms with Gasteiger partial charge in [-0.15, -0.1) is 0 Å². The molecule has 28 heavy (non-hydrogen) atoms. The van der Waals surface area contributed by atoms with Crippen LogP contribution in [-0.4, -0.2) is 29.0 Å². The molecular formula is C22H22N2O4. The Morgan fingerprint density at radius 1 is 1.18 bits per heavy atom. The van der Waals surface area contributed by atoms with E-state index in [0.717, 1.165) is 36.0 Å². The molecule has 1 aromatic heterocycles. The zero-order chi connectivity index (χ0) is 19.5. The minimum absolute atomic E-state index is 0.0262. The summed E-state index contributed by atoms with van der Waals surface area (Å²) in [5.74, 6) is -0.00828. The SMILES string of the molecule is O=C(Nc1ccccc1)[C@@H]1CCCN(Cc2cc(=O)oc3cc(O)ccc23)C1. The molecule has 1 atom stereocenters. The summed E-state index contributed by atoms with van der Waals surface area (Å²) in [6.45, 7) is 2.06. The molecule has 0 unspecified atom stereocenters. The van der Waals surface area contributed by atoms with E-state index in [1.165, 1.54) is 12.1 Å². The number of benzene rings is 2. The molecule has 1 saturated heterocycles. The fraction of sp³-hybridized carbons (Fsp3) is 0.273. The number of rotatable bonds is 4. The van der Waals surface area contributed by atoms with Gasteiger partial charge in [-0.1, -0.05) is 18.2 Å². The third kappa shape index (κ3) is 4.07. The molecule has 2 aromatic carbocycles. The van der Waals surface area contributed by atoms with Crippen LogP contribution in [-0.2, 0) is 11.3 Å². The Morgan fingerprint density at radius 2 is 2.00 bits per heavy atom. The van der Waals surface area contributed by atoms with E-state index in [-0.39, 0.29) is 17.6 Å². The Bertz CT molecular complexity index is 1050. The van der Waals surface area contributed by atoms with E-state index in [2.05, 4.69) is 10.2 Å². The number of carbonyl (C=O) groups excluding carboxylic acids is 1. The molecule has 6 nitrogen and oxygen atoms in total. The van der Waals surface area contributed by atoms with E-state index in [0.29, 0.717) is 18.7 Å². The number of piperidine rings is 1. The van der Waals surface area contributed by atoms with Gasteiger partial charge in [-0.2, -0.15) is 0 Å². The highest BCUT2D eigenvalue weighted by Gasteiger charge is 2.26. The largest absolute Gasteiger partial charge is 0.508 e. The molecule has 2 heterocycles. The highest BCUT2D eigenvalue weighted by Crippen LogP contribution is 2.25. The number of carbonyl (C=O) groups is 1. The molecule has 2 N–H and O–H groups in total. The van der Waals surface area contributed by atoms with E-state index in [1.54, 1.807) is 12.1 Å². The number of anilines is 1. The van der Waals surface area contributed by atoms with Gasteiger partial charge in [0.15, 0.2) is 0 Å². The lowest BCUT2D eigenvalue weighted by molar-refractivity contribution is -0.121. The highest BCUT2D eigenvalue weighted by atomic mass is 16.4. The maximum absolute atomic E-state index is 12.6. The van der Waals surface area contributed by atoms with Crippen molar-refractivity contribution in [2.45, 2.75) is 19.4 Å². The molecule has 0 saturated carbocycles. The van der Waals surface area contributed by atoms with Crippen molar-refractivity contribution in [1.29, 1.82) is 0 Å². The lowest BCUT2D eigenvalue weighted by Crippen LogP contribution is -2.40. The Morgan fingerprint density at radius 3 is 2.82 bits per heavy atom. The van der Waals surface area contributed by atoms with Crippen LogP contribution in [0, 0.1) is 5.92 Å². The minimum Gasteiger partial charge on any atom is -0.508 e. The Labute approximate surface area is 162 Å². The summed E-state index contributed by atoms with van der Waals surface area (Å²) < 4.78 is 5.20. The van der Waals surface area contributed by atoms with Gasteiger partial charge in [0, 0.05) is 36.3 Å². The number of para-hydroxylation sites is 1. The Hall–Kier alpha value is -3.12. The van der Waals surface area contributed by atoms with Gasteiger partial charge in [-0.3, -0.25) is 9.69 Å². The predicted molar refractivity (Wildman–Crippen MR) is 107 cm³/mol. The van der Waals surface area contributed by atoms with Gasteiger partial charge in [0.25, 0.3) is 0 Å². The van der Waals surface area contributed by atoms with Crippen molar-refractivity contribution in [3.05, 3.63) is 70.6 Å². The smallest absolute Gasteiger partial charge is 0.336 e. The average Bonchev–Trinajstić information content (AvgIpc) is 2.68. The summed E-state index contributed by atoms with van der Waals surface area (Å²) >= 11 is 0. The normalized spacial score (nSPS) is 17.5. The van der Waals surface area contributed by atoms with Crippen molar-refractivity contribution in [3.63, 3.8) is 0 Å². The van der Waals surface area contributed by atoms with Gasteiger partial charge in [0.1, 0.15) is 11.3 Å². The number of phenolic OH excluding ortho intramolecular Hbond substituents is 1. The number of phenols is 1. The predicted octanol–water partition coefficient (Wildman–Crippen LogP) is 3.35. The average molecular weight is 378 g/mol. The van der Waals surface area contributed by atoms with E-state index in [1.807, 2.05) is 30.3 Å². The number of amides is 1. The monoisotopic (exact) mass is 378 g/mol. The summed E-state index contributed by atoms with van der Waals surface area (Å²) in [6.07, 6.45) is 1.77. The highest BCUT2D eigenvalue weighted by molar-refractivity contribution is 5.92. The van der Waals surface area contributed by atoms with E-state index in [9.17, 15) is 14.7 Å². The number of hydrogen-bond acceptors (Lipinski definition) is 5. The molecule has 1 aliphatic heterocycles. The van der Waals surface area contributed by atoms with Crippen molar-refractivity contribution in [2.75, 3.05) is 18.4 Å². The zero-order valence-electron chi connectivity index (χ0n) is 15.4. The van der Waals surface area contributed by atoms with Crippen molar-refractivity contribution in [2.24, 2.45) is 5.92 Å². The first kappa shape index (κ1) is 18.3. The first-order valence-corrected chi connectivity index (χ1v) is 9.42. The van der Waals surface area contributed by atoms with Crippen LogP contribution in [0.4, 0.5) is 5.69 Å². The number of likely N-dealkylation sites (tertiary alicyclic amines) is 1. The van der Waals surface area contributed by atoms with Crippen LogP contribution in [0.15, 0.2) is 63.8 Å². The summed E-state index contributed by atoms with van der Waals surface area (Å²) in [5, 5.41) is 13.4. The number of aromatic hydroxyl groups is 1. The van der Waals surface area contributed by atoms with Gasteiger partial charge < -0.3 is 14.8 Å². The molecule has 1 amide bonds. The minimum atomic E-state index is -0.441. The third-order valence-electron chi connectivity index (χ3n) is 5.13. The fourth-order valence-electron chi connectivity index (χ4n) is 3.77. The molecule has 0 spiro atoms. The maximum Gasteiger partial charge on any atom is 0.336 e. The number of hydrogen-bond donors (Lipinski definition) is 2. The van der Waals surface area contributed by atoms with Crippen LogP contribution in [0.25, 0.3) is 11.0 Å². The van der Waals surface area contributed by atoms with Crippen LogP contribution in [0.3, 0.4) is 0 Å². The topological polar surface area (TPSA) is 82.8 Å². The second-order valence-corrected chi connectivity index (χ2v) is 7.20. The van der Waals surface area contributed by atoms with Crippen LogP contribution < -0.4 is 10.9 Å². The molecule has 4 rings (SSSR count). The summed E-state index contributed by atoms with van der Waals surface area (Å²) in [7, 11) is 0. The van der Waals surface area contributed by atoms with Crippen molar-refractivity contribution in [3.8, 4) is 5.75 Å². The van der Waals surface area contributed by atoms with E-state index >= 15 is 0 Å². The molecular weight excluding hydrogens is 356 g/mol. The van der Waals surface area contributed by atoms with Gasteiger partial charge >= 0.3 is 5.63 Å². The first-order chi connectivity index (χ1) is 13.6. The molecule has 0 radical (unpaired) electrons. The quantitative estimate of drug-likeness (QED) is 0.681. The van der Waals surface area contributed by atoms with Gasteiger partial charge in [-0.25, -0.2) is 4.79 Å². The van der Waals surface area contributed by atoms with Gasteiger partial charge in [0.05, 0.1) is 5.92 Å². The lowest BCUT2D eigenvalue weighted by atomic mass is 9.96. The maximum atomic E-state index is 12.6.